The Morgan fingerprint density at radius 1 is 0.964 bits per heavy atom. The summed E-state index contributed by atoms with van der Waals surface area (Å²) >= 11 is 0. The number of likely N-dealkylation sites (tertiary alicyclic amines) is 1. The van der Waals surface area contributed by atoms with Gasteiger partial charge in [0.05, 0.1) is 5.60 Å². The molecule has 1 saturated heterocycles. The van der Waals surface area contributed by atoms with E-state index in [2.05, 4.69) is 60.4 Å². The molecule has 4 rings (SSSR count). The third-order valence-corrected chi connectivity index (χ3v) is 6.19. The molecule has 28 heavy (non-hydrogen) atoms. The van der Waals surface area contributed by atoms with Crippen molar-refractivity contribution in [3.05, 3.63) is 71.8 Å². The van der Waals surface area contributed by atoms with Gasteiger partial charge >= 0.3 is 0 Å². The second-order valence-corrected chi connectivity index (χ2v) is 8.81. The molecular weight excluding hydrogens is 342 g/mol. The normalized spacial score (nSPS) is 18.1. The van der Waals surface area contributed by atoms with Crippen molar-refractivity contribution >= 4 is 10.8 Å². The van der Waals surface area contributed by atoms with Gasteiger partial charge in [-0.2, -0.15) is 0 Å². The van der Waals surface area contributed by atoms with Gasteiger partial charge in [-0.3, -0.25) is 0 Å². The highest BCUT2D eigenvalue weighted by Gasteiger charge is 2.19. The highest BCUT2D eigenvalue weighted by atomic mass is 16.3. The van der Waals surface area contributed by atoms with Crippen LogP contribution in [-0.2, 0) is 12.0 Å². The van der Waals surface area contributed by atoms with E-state index in [1.807, 2.05) is 26.0 Å². The Bertz CT molecular complexity index is 970. The van der Waals surface area contributed by atoms with Crippen LogP contribution in [0.5, 0.6) is 0 Å². The monoisotopic (exact) mass is 373 g/mol. The summed E-state index contributed by atoms with van der Waals surface area (Å²) in [6.07, 6.45) is 3.81. The molecule has 0 bridgehead atoms. The Labute approximate surface area is 168 Å². The molecule has 2 nitrogen and oxygen atoms in total. The average molecular weight is 374 g/mol. The SMILES string of the molecule is C[C@@H]1CCCN1CCc1ccc2cc(-c3cccc(C(C)(C)O)c3)ccc2c1. The number of aliphatic hydroxyl groups is 1. The third-order valence-electron chi connectivity index (χ3n) is 6.19. The molecule has 146 valence electrons. The summed E-state index contributed by atoms with van der Waals surface area (Å²) in [5, 5.41) is 12.9. The number of rotatable bonds is 5. The highest BCUT2D eigenvalue weighted by molar-refractivity contribution is 5.88. The summed E-state index contributed by atoms with van der Waals surface area (Å²) in [5.41, 5.74) is 3.88. The molecule has 0 amide bonds. The number of nitrogens with zero attached hydrogens (tertiary/aromatic N) is 1. The number of fused-ring (bicyclic) bond motifs is 1. The van der Waals surface area contributed by atoms with Gasteiger partial charge < -0.3 is 10.0 Å². The van der Waals surface area contributed by atoms with Gasteiger partial charge in [0.1, 0.15) is 0 Å². The fraction of sp³-hybridized carbons (Fsp3) is 0.385. The van der Waals surface area contributed by atoms with Crippen LogP contribution in [-0.4, -0.2) is 29.1 Å². The Balaban J connectivity index is 1.55. The Morgan fingerprint density at radius 3 is 2.46 bits per heavy atom. The maximum absolute atomic E-state index is 10.3. The minimum absolute atomic E-state index is 0.739. The van der Waals surface area contributed by atoms with Crippen LogP contribution in [0.3, 0.4) is 0 Å². The van der Waals surface area contributed by atoms with Gasteiger partial charge in [0.15, 0.2) is 0 Å². The Morgan fingerprint density at radius 2 is 1.71 bits per heavy atom. The topological polar surface area (TPSA) is 23.5 Å². The molecule has 0 aromatic heterocycles. The van der Waals surface area contributed by atoms with Crippen LogP contribution in [0.15, 0.2) is 60.7 Å². The molecule has 1 fully saturated rings. The lowest BCUT2D eigenvalue weighted by Gasteiger charge is -2.20. The number of hydrogen-bond acceptors (Lipinski definition) is 2. The zero-order valence-corrected chi connectivity index (χ0v) is 17.3. The molecule has 0 aliphatic carbocycles. The first-order valence-electron chi connectivity index (χ1n) is 10.5. The summed E-state index contributed by atoms with van der Waals surface area (Å²) in [5.74, 6) is 0. The van der Waals surface area contributed by atoms with Crippen molar-refractivity contribution < 1.29 is 5.11 Å². The minimum atomic E-state index is -0.825. The van der Waals surface area contributed by atoms with Crippen molar-refractivity contribution in [2.24, 2.45) is 0 Å². The zero-order valence-electron chi connectivity index (χ0n) is 17.3. The van der Waals surface area contributed by atoms with E-state index in [4.69, 9.17) is 0 Å². The van der Waals surface area contributed by atoms with Crippen LogP contribution in [0, 0.1) is 0 Å². The molecule has 0 unspecified atom stereocenters. The maximum Gasteiger partial charge on any atom is 0.0840 e. The van der Waals surface area contributed by atoms with Gasteiger partial charge in [-0.05, 0) is 91.7 Å². The summed E-state index contributed by atoms with van der Waals surface area (Å²) in [6.45, 7) is 8.42. The number of benzene rings is 3. The van der Waals surface area contributed by atoms with Crippen LogP contribution in [0.4, 0.5) is 0 Å². The van der Waals surface area contributed by atoms with E-state index >= 15 is 0 Å². The van der Waals surface area contributed by atoms with Gasteiger partial charge in [-0.25, -0.2) is 0 Å². The van der Waals surface area contributed by atoms with Crippen LogP contribution in [0.1, 0.15) is 44.7 Å². The van der Waals surface area contributed by atoms with Crippen molar-refractivity contribution in [2.45, 2.75) is 51.7 Å². The van der Waals surface area contributed by atoms with Gasteiger partial charge in [-0.1, -0.05) is 48.5 Å². The van der Waals surface area contributed by atoms with E-state index < -0.39 is 5.60 Å². The molecule has 0 radical (unpaired) electrons. The van der Waals surface area contributed by atoms with Crippen LogP contribution < -0.4 is 0 Å². The van der Waals surface area contributed by atoms with Crippen LogP contribution in [0.2, 0.25) is 0 Å². The first-order chi connectivity index (χ1) is 13.4. The second-order valence-electron chi connectivity index (χ2n) is 8.81. The van der Waals surface area contributed by atoms with Gasteiger partial charge in [0.2, 0.25) is 0 Å². The van der Waals surface area contributed by atoms with E-state index in [0.717, 1.165) is 30.1 Å². The maximum atomic E-state index is 10.3. The summed E-state index contributed by atoms with van der Waals surface area (Å²) in [7, 11) is 0. The van der Waals surface area contributed by atoms with Gasteiger partial charge in [-0.15, -0.1) is 0 Å². The highest BCUT2D eigenvalue weighted by Crippen LogP contribution is 2.29. The minimum Gasteiger partial charge on any atom is -0.386 e. The average Bonchev–Trinajstić information content (AvgIpc) is 3.10. The summed E-state index contributed by atoms with van der Waals surface area (Å²) < 4.78 is 0. The quantitative estimate of drug-likeness (QED) is 0.614. The molecular formula is C26H31NO. The molecule has 2 heteroatoms. The van der Waals surface area contributed by atoms with E-state index in [1.165, 1.54) is 41.3 Å². The molecule has 3 aromatic carbocycles. The standard InChI is InChI=1S/C26H31NO/c1-19-6-5-14-27(19)15-13-20-9-10-23-17-24(12-11-22(23)16-20)21-7-4-8-25(18-21)26(2,3)28/h4,7-12,16-19,28H,5-6,13-15H2,1-3H3/t19-/m1/s1. The largest absolute Gasteiger partial charge is 0.386 e. The molecule has 1 heterocycles. The Hall–Kier alpha value is -2.16. The van der Waals surface area contributed by atoms with E-state index in [9.17, 15) is 5.11 Å². The molecule has 0 saturated carbocycles. The van der Waals surface area contributed by atoms with Crippen molar-refractivity contribution in [3.63, 3.8) is 0 Å². The molecule has 1 atom stereocenters. The first kappa shape index (κ1) is 19.2. The van der Waals surface area contributed by atoms with Gasteiger partial charge in [0, 0.05) is 12.6 Å². The van der Waals surface area contributed by atoms with Crippen LogP contribution in [0.25, 0.3) is 21.9 Å². The molecule has 0 spiro atoms. The van der Waals surface area contributed by atoms with E-state index in [1.54, 1.807) is 0 Å². The third kappa shape index (κ3) is 4.14. The van der Waals surface area contributed by atoms with Crippen LogP contribution >= 0.6 is 0 Å². The lowest BCUT2D eigenvalue weighted by atomic mass is 9.93. The van der Waals surface area contributed by atoms with Crippen molar-refractivity contribution in [1.82, 2.24) is 4.90 Å². The second kappa shape index (κ2) is 7.69. The lowest BCUT2D eigenvalue weighted by Crippen LogP contribution is -2.28. The summed E-state index contributed by atoms with van der Waals surface area (Å²) in [6, 6.07) is 22.5. The molecule has 1 N–H and O–H groups in total. The molecule has 3 aromatic rings. The zero-order chi connectivity index (χ0) is 19.7. The summed E-state index contributed by atoms with van der Waals surface area (Å²) in [4.78, 5) is 2.61. The lowest BCUT2D eigenvalue weighted by molar-refractivity contribution is 0.0786. The predicted octanol–water partition coefficient (Wildman–Crippen LogP) is 5.76. The fourth-order valence-corrected chi connectivity index (χ4v) is 4.31. The van der Waals surface area contributed by atoms with Crippen molar-refractivity contribution in [1.29, 1.82) is 0 Å². The van der Waals surface area contributed by atoms with Crippen molar-refractivity contribution in [3.8, 4) is 11.1 Å². The predicted molar refractivity (Wildman–Crippen MR) is 119 cm³/mol. The van der Waals surface area contributed by atoms with E-state index in [0.29, 0.717) is 0 Å². The first-order valence-corrected chi connectivity index (χ1v) is 10.5. The van der Waals surface area contributed by atoms with E-state index in [-0.39, 0.29) is 0 Å². The number of hydrogen-bond donors (Lipinski definition) is 1. The smallest absolute Gasteiger partial charge is 0.0840 e. The molecule has 1 aliphatic rings. The Kier molecular flexibility index (Phi) is 5.27. The van der Waals surface area contributed by atoms with Crippen molar-refractivity contribution in [2.75, 3.05) is 13.1 Å². The fourth-order valence-electron chi connectivity index (χ4n) is 4.31. The molecule has 1 aliphatic heterocycles. The van der Waals surface area contributed by atoms with Gasteiger partial charge in [0.25, 0.3) is 0 Å².